The molecule has 2 aliphatic rings. The zero-order chi connectivity index (χ0) is 18.9. The minimum Gasteiger partial charge on any atom is -0.322 e. The number of H-pyrrole nitrogens is 1. The second kappa shape index (κ2) is 9.60. The van der Waals surface area contributed by atoms with Crippen LogP contribution in [0.15, 0.2) is 33.9 Å². The number of nitrogens with zero attached hydrogens (tertiary/aromatic N) is 3. The molecule has 0 aromatic heterocycles. The third-order valence-corrected chi connectivity index (χ3v) is 3.97. The maximum atomic E-state index is 12.0. The molecule has 0 aliphatic carbocycles. The number of aromatic nitrogens is 4. The van der Waals surface area contributed by atoms with Crippen LogP contribution in [0.1, 0.15) is 46.0 Å². The number of benzene rings is 1. The van der Waals surface area contributed by atoms with Gasteiger partial charge in [-0.3, -0.25) is 9.78 Å². The van der Waals surface area contributed by atoms with Crippen LogP contribution in [0.2, 0.25) is 0 Å². The van der Waals surface area contributed by atoms with Gasteiger partial charge in [0.15, 0.2) is 11.5 Å². The van der Waals surface area contributed by atoms with Crippen molar-refractivity contribution in [3.05, 3.63) is 45.1 Å². The van der Waals surface area contributed by atoms with Gasteiger partial charge in [-0.2, -0.15) is 4.98 Å². The fourth-order valence-electron chi connectivity index (χ4n) is 2.82. The van der Waals surface area contributed by atoms with Gasteiger partial charge in [0.1, 0.15) is 6.29 Å². The minimum atomic E-state index is -0.663. The number of rotatable bonds is 7. The number of hydrogen-bond acceptors (Lipinski definition) is 5. The number of aldehydes is 1. The summed E-state index contributed by atoms with van der Waals surface area (Å²) >= 11 is 0. The van der Waals surface area contributed by atoms with Crippen molar-refractivity contribution in [3.63, 3.8) is 0 Å². The van der Waals surface area contributed by atoms with Crippen LogP contribution in [-0.4, -0.2) is 25.8 Å². The topological polar surface area (TPSA) is 97.7 Å². The Balaban J connectivity index is 0.00000117. The normalized spacial score (nSPS) is 10.5. The molecule has 0 bridgehead atoms. The number of carbonyl (C=O) groups is 1. The maximum absolute atomic E-state index is 12.0. The minimum absolute atomic E-state index is 0.175. The molecule has 1 N–H and O–H groups in total. The molecule has 1 aromatic rings. The van der Waals surface area contributed by atoms with Crippen LogP contribution in [-0.2, 0) is 11.3 Å². The summed E-state index contributed by atoms with van der Waals surface area (Å²) in [6.07, 6.45) is 5.22. The SMILES string of the molecule is CC.O=CCCCCCCn1c2nc(=O)[nH]c(=O)c-2nc2ccccc21. The molecule has 138 valence electrons. The highest BCUT2D eigenvalue weighted by atomic mass is 16.2. The zero-order valence-corrected chi connectivity index (χ0v) is 15.2. The van der Waals surface area contributed by atoms with Crippen LogP contribution >= 0.6 is 0 Å². The smallest absolute Gasteiger partial charge is 0.322 e. The van der Waals surface area contributed by atoms with Crippen molar-refractivity contribution in [2.45, 2.75) is 52.5 Å². The van der Waals surface area contributed by atoms with Gasteiger partial charge >= 0.3 is 5.69 Å². The molecule has 26 heavy (non-hydrogen) atoms. The summed E-state index contributed by atoms with van der Waals surface area (Å²) in [7, 11) is 0. The van der Waals surface area contributed by atoms with Gasteiger partial charge in [-0.15, -0.1) is 0 Å². The average Bonchev–Trinajstić information content (AvgIpc) is 2.66. The summed E-state index contributed by atoms with van der Waals surface area (Å²) < 4.78 is 1.88. The molecular weight excluding hydrogens is 332 g/mol. The summed E-state index contributed by atoms with van der Waals surface area (Å²) in [6.45, 7) is 4.64. The van der Waals surface area contributed by atoms with Crippen molar-refractivity contribution in [3.8, 4) is 11.5 Å². The molecule has 0 saturated heterocycles. The fraction of sp³-hybridized carbons (Fsp3) is 0.421. The number of para-hydroxylation sites is 2. The molecule has 0 spiro atoms. The first-order valence-electron chi connectivity index (χ1n) is 9.04. The number of fused-ring (bicyclic) bond motifs is 2. The molecule has 7 heteroatoms. The average molecular weight is 356 g/mol. The van der Waals surface area contributed by atoms with Crippen LogP contribution in [0, 0.1) is 0 Å². The predicted octanol–water partition coefficient (Wildman–Crippen LogP) is 2.76. The van der Waals surface area contributed by atoms with Crippen molar-refractivity contribution < 1.29 is 4.79 Å². The van der Waals surface area contributed by atoms with E-state index in [-0.39, 0.29) is 5.69 Å². The number of carbonyl (C=O) groups excluding carboxylic acids is 1. The van der Waals surface area contributed by atoms with Gasteiger partial charge in [-0.25, -0.2) is 9.78 Å². The third kappa shape index (κ3) is 4.41. The van der Waals surface area contributed by atoms with Crippen LogP contribution < -0.4 is 11.2 Å². The zero-order valence-electron chi connectivity index (χ0n) is 15.2. The highest BCUT2D eigenvalue weighted by molar-refractivity contribution is 5.79. The lowest BCUT2D eigenvalue weighted by Gasteiger charge is -2.16. The van der Waals surface area contributed by atoms with Crippen molar-refractivity contribution >= 4 is 17.3 Å². The van der Waals surface area contributed by atoms with E-state index in [1.165, 1.54) is 0 Å². The van der Waals surface area contributed by atoms with E-state index < -0.39 is 11.2 Å². The second-order valence-electron chi connectivity index (χ2n) is 5.67. The first-order chi connectivity index (χ1) is 12.7. The van der Waals surface area contributed by atoms with E-state index in [1.807, 2.05) is 42.7 Å². The van der Waals surface area contributed by atoms with Crippen LogP contribution in [0.25, 0.3) is 22.6 Å². The Morgan fingerprint density at radius 1 is 1.04 bits per heavy atom. The fourth-order valence-corrected chi connectivity index (χ4v) is 2.82. The van der Waals surface area contributed by atoms with E-state index in [1.54, 1.807) is 0 Å². The van der Waals surface area contributed by atoms with E-state index in [2.05, 4.69) is 15.0 Å². The molecular formula is C19H24N4O3. The van der Waals surface area contributed by atoms with Gasteiger partial charge in [0.2, 0.25) is 0 Å². The number of nitrogens with one attached hydrogen (secondary N) is 1. The number of unbranched alkanes of at least 4 members (excludes halogenated alkanes) is 4. The quantitative estimate of drug-likeness (QED) is 0.399. The maximum Gasteiger partial charge on any atom is 0.349 e. The summed E-state index contributed by atoms with van der Waals surface area (Å²) in [6, 6.07) is 7.48. The highest BCUT2D eigenvalue weighted by Gasteiger charge is 2.17. The summed E-state index contributed by atoms with van der Waals surface area (Å²) in [5.74, 6) is 0.315. The third-order valence-electron chi connectivity index (χ3n) is 3.97. The Morgan fingerprint density at radius 2 is 1.77 bits per heavy atom. The van der Waals surface area contributed by atoms with Gasteiger partial charge < -0.3 is 9.36 Å². The monoisotopic (exact) mass is 356 g/mol. The Hall–Kier alpha value is -2.83. The van der Waals surface area contributed by atoms with Gasteiger partial charge in [0.05, 0.1) is 11.0 Å². The van der Waals surface area contributed by atoms with Gasteiger partial charge in [-0.1, -0.05) is 38.8 Å². The summed E-state index contributed by atoms with van der Waals surface area (Å²) in [4.78, 5) is 44.4. The van der Waals surface area contributed by atoms with E-state index in [0.29, 0.717) is 24.3 Å². The van der Waals surface area contributed by atoms with Gasteiger partial charge in [0, 0.05) is 13.0 Å². The van der Waals surface area contributed by atoms with Crippen molar-refractivity contribution in [2.75, 3.05) is 0 Å². The number of aromatic amines is 1. The molecule has 3 rings (SSSR count). The van der Waals surface area contributed by atoms with Crippen molar-refractivity contribution in [1.29, 1.82) is 0 Å². The standard InChI is InChI=1S/C17H18N4O3.C2H6/c22-11-7-3-1-2-6-10-21-13-9-5-4-8-12(13)18-14-15(21)19-17(24)20-16(14)23;1-2/h4-5,8-9,11H,1-3,6-7,10H2,(H,20,23,24);1-2H3. The van der Waals surface area contributed by atoms with Crippen LogP contribution in [0.5, 0.6) is 0 Å². The Kier molecular flexibility index (Phi) is 7.20. The lowest BCUT2D eigenvalue weighted by Crippen LogP contribution is -2.28. The number of hydrogen-bond donors (Lipinski definition) is 1. The molecule has 2 heterocycles. The second-order valence-corrected chi connectivity index (χ2v) is 5.67. The predicted molar refractivity (Wildman–Crippen MR) is 102 cm³/mol. The van der Waals surface area contributed by atoms with Crippen molar-refractivity contribution in [2.24, 2.45) is 0 Å². The molecule has 0 fully saturated rings. The molecule has 7 nitrogen and oxygen atoms in total. The molecule has 1 aromatic carbocycles. The van der Waals surface area contributed by atoms with E-state index in [9.17, 15) is 14.4 Å². The first-order valence-corrected chi connectivity index (χ1v) is 9.04. The molecule has 2 aliphatic heterocycles. The number of aryl methyl sites for hydroxylation is 1. The van der Waals surface area contributed by atoms with Gasteiger partial charge in [-0.05, 0) is 25.0 Å². The largest absolute Gasteiger partial charge is 0.349 e. The lowest BCUT2D eigenvalue weighted by molar-refractivity contribution is -0.107. The van der Waals surface area contributed by atoms with Crippen LogP contribution in [0.4, 0.5) is 0 Å². The Morgan fingerprint density at radius 3 is 2.54 bits per heavy atom. The van der Waals surface area contributed by atoms with E-state index >= 15 is 0 Å². The lowest BCUT2D eigenvalue weighted by atomic mass is 10.1. The summed E-state index contributed by atoms with van der Waals surface area (Å²) in [5, 5.41) is 0. The van der Waals surface area contributed by atoms with Crippen LogP contribution in [0.3, 0.4) is 0 Å². The van der Waals surface area contributed by atoms with Crippen molar-refractivity contribution in [1.82, 2.24) is 19.5 Å². The molecule has 0 unspecified atom stereocenters. The van der Waals surface area contributed by atoms with E-state index in [4.69, 9.17) is 0 Å². The molecule has 0 amide bonds. The Bertz CT molecular complexity index is 945. The summed E-state index contributed by atoms with van der Waals surface area (Å²) in [5.41, 5.74) is 0.529. The molecule has 0 saturated carbocycles. The molecule has 0 atom stereocenters. The Labute approximate surface area is 151 Å². The first kappa shape index (κ1) is 19.5. The van der Waals surface area contributed by atoms with Gasteiger partial charge in [0.25, 0.3) is 5.56 Å². The highest BCUT2D eigenvalue weighted by Crippen LogP contribution is 2.21. The van der Waals surface area contributed by atoms with E-state index in [0.717, 1.165) is 37.5 Å². The molecule has 0 radical (unpaired) electrons.